The minimum Gasteiger partial charge on any atom is -0.496 e. The smallest absolute Gasteiger partial charge is 0.143 e. The van der Waals surface area contributed by atoms with E-state index in [1.54, 1.807) is 18.2 Å². The molecule has 2 N–H and O–H groups in total. The zero-order valence-corrected chi connectivity index (χ0v) is 13.5. The van der Waals surface area contributed by atoms with E-state index in [0.29, 0.717) is 16.3 Å². The van der Waals surface area contributed by atoms with Crippen LogP contribution in [0, 0.1) is 11.6 Å². The molecular formula is C15H13BrClF2NO. The molecule has 0 aromatic heterocycles. The molecule has 2 aromatic carbocycles. The molecule has 0 saturated carbocycles. The van der Waals surface area contributed by atoms with Gasteiger partial charge in [0, 0.05) is 22.2 Å². The van der Waals surface area contributed by atoms with Crippen LogP contribution < -0.4 is 10.5 Å². The van der Waals surface area contributed by atoms with E-state index in [1.807, 2.05) is 0 Å². The van der Waals surface area contributed by atoms with Crippen LogP contribution in [0.2, 0.25) is 5.02 Å². The lowest BCUT2D eigenvalue weighted by Crippen LogP contribution is -2.16. The van der Waals surface area contributed by atoms with Gasteiger partial charge in [0.05, 0.1) is 11.6 Å². The molecule has 6 heteroatoms. The van der Waals surface area contributed by atoms with Crippen molar-refractivity contribution in [3.63, 3.8) is 0 Å². The third kappa shape index (κ3) is 3.54. The number of nitrogens with two attached hydrogens (primary N) is 1. The fourth-order valence-corrected chi connectivity index (χ4v) is 2.63. The maximum absolute atomic E-state index is 14.0. The van der Waals surface area contributed by atoms with Gasteiger partial charge in [-0.25, -0.2) is 8.78 Å². The van der Waals surface area contributed by atoms with E-state index in [0.717, 1.165) is 0 Å². The zero-order valence-electron chi connectivity index (χ0n) is 11.2. The van der Waals surface area contributed by atoms with Gasteiger partial charge in [-0.3, -0.25) is 0 Å². The number of halogens is 4. The normalized spacial score (nSPS) is 12.3. The fraction of sp³-hybridized carbons (Fsp3) is 0.200. The summed E-state index contributed by atoms with van der Waals surface area (Å²) in [6, 6.07) is 6.85. The number of rotatable bonds is 4. The van der Waals surface area contributed by atoms with E-state index in [-0.39, 0.29) is 16.5 Å². The van der Waals surface area contributed by atoms with E-state index >= 15 is 0 Å². The second kappa shape index (κ2) is 6.73. The highest BCUT2D eigenvalue weighted by Crippen LogP contribution is 2.31. The zero-order chi connectivity index (χ0) is 15.6. The molecule has 0 amide bonds. The predicted octanol–water partition coefficient (Wildman–Crippen LogP) is 4.63. The maximum Gasteiger partial charge on any atom is 0.143 e. The van der Waals surface area contributed by atoms with Crippen LogP contribution in [0.1, 0.15) is 17.2 Å². The van der Waals surface area contributed by atoms with E-state index in [1.165, 1.54) is 19.2 Å². The first-order chi connectivity index (χ1) is 9.93. The van der Waals surface area contributed by atoms with Crippen molar-refractivity contribution in [2.45, 2.75) is 12.5 Å². The predicted molar refractivity (Wildman–Crippen MR) is 82.7 cm³/mol. The highest BCUT2D eigenvalue weighted by atomic mass is 79.9. The summed E-state index contributed by atoms with van der Waals surface area (Å²) in [6.07, 6.45) is -0.00614. The van der Waals surface area contributed by atoms with Crippen molar-refractivity contribution in [1.29, 1.82) is 0 Å². The van der Waals surface area contributed by atoms with Gasteiger partial charge in [0.1, 0.15) is 17.4 Å². The maximum atomic E-state index is 14.0. The van der Waals surface area contributed by atoms with Crippen LogP contribution in [-0.2, 0) is 6.42 Å². The molecule has 1 unspecified atom stereocenters. The number of hydrogen-bond acceptors (Lipinski definition) is 2. The number of ether oxygens (including phenoxy) is 1. The van der Waals surface area contributed by atoms with Crippen molar-refractivity contribution in [3.8, 4) is 5.75 Å². The number of benzene rings is 2. The van der Waals surface area contributed by atoms with Crippen LogP contribution >= 0.6 is 27.5 Å². The standard InChI is InChI=1S/C15H13BrClF2NO/c1-21-14-5-2-8(17)6-10(14)13(20)7-9-12(18)4-3-11(16)15(9)19/h2-6,13H,7,20H2,1H3. The molecule has 0 saturated heterocycles. The summed E-state index contributed by atoms with van der Waals surface area (Å²) < 4.78 is 33.2. The second-order valence-electron chi connectivity index (χ2n) is 4.52. The second-order valence-corrected chi connectivity index (χ2v) is 5.81. The van der Waals surface area contributed by atoms with Crippen molar-refractivity contribution < 1.29 is 13.5 Å². The van der Waals surface area contributed by atoms with Gasteiger partial charge in [0.25, 0.3) is 0 Å². The summed E-state index contributed by atoms with van der Waals surface area (Å²) >= 11 is 8.98. The molecule has 0 aliphatic heterocycles. The third-order valence-corrected chi connectivity index (χ3v) is 4.00. The quantitative estimate of drug-likeness (QED) is 0.790. The van der Waals surface area contributed by atoms with Crippen LogP contribution in [0.15, 0.2) is 34.8 Å². The van der Waals surface area contributed by atoms with Gasteiger partial charge < -0.3 is 10.5 Å². The summed E-state index contributed by atoms with van der Waals surface area (Å²) in [7, 11) is 1.50. The molecule has 21 heavy (non-hydrogen) atoms. The van der Waals surface area contributed by atoms with Gasteiger partial charge in [-0.05, 0) is 52.7 Å². The van der Waals surface area contributed by atoms with Crippen molar-refractivity contribution >= 4 is 27.5 Å². The molecule has 0 bridgehead atoms. The average molecular weight is 377 g/mol. The molecule has 1 atom stereocenters. The fourth-order valence-electron chi connectivity index (χ4n) is 2.08. The van der Waals surface area contributed by atoms with Gasteiger partial charge >= 0.3 is 0 Å². The molecule has 0 fully saturated rings. The minimum absolute atomic E-state index is 0.00614. The Morgan fingerprint density at radius 3 is 2.67 bits per heavy atom. The van der Waals surface area contributed by atoms with Crippen LogP contribution in [0.4, 0.5) is 8.78 Å². The Kier molecular flexibility index (Phi) is 5.19. The van der Waals surface area contributed by atoms with Crippen LogP contribution in [-0.4, -0.2) is 7.11 Å². The summed E-state index contributed by atoms with van der Waals surface area (Å²) in [5.41, 5.74) is 6.60. The van der Waals surface area contributed by atoms with E-state index in [2.05, 4.69) is 15.9 Å². The molecule has 0 aliphatic rings. The number of hydrogen-bond donors (Lipinski definition) is 1. The molecule has 2 aromatic rings. The first-order valence-corrected chi connectivity index (χ1v) is 7.32. The van der Waals surface area contributed by atoms with Gasteiger partial charge in [-0.15, -0.1) is 0 Å². The molecule has 0 heterocycles. The van der Waals surface area contributed by atoms with Crippen LogP contribution in [0.5, 0.6) is 5.75 Å². The van der Waals surface area contributed by atoms with Crippen molar-refractivity contribution in [2.24, 2.45) is 5.73 Å². The molecule has 2 rings (SSSR count). The third-order valence-electron chi connectivity index (χ3n) is 3.15. The lowest BCUT2D eigenvalue weighted by atomic mass is 9.98. The lowest BCUT2D eigenvalue weighted by Gasteiger charge is -2.17. The van der Waals surface area contributed by atoms with Crippen LogP contribution in [0.3, 0.4) is 0 Å². The average Bonchev–Trinajstić information content (AvgIpc) is 2.47. The van der Waals surface area contributed by atoms with Gasteiger partial charge in [0.2, 0.25) is 0 Å². The van der Waals surface area contributed by atoms with E-state index in [4.69, 9.17) is 22.1 Å². The van der Waals surface area contributed by atoms with Crippen LogP contribution in [0.25, 0.3) is 0 Å². The van der Waals surface area contributed by atoms with Crippen molar-refractivity contribution in [1.82, 2.24) is 0 Å². The van der Waals surface area contributed by atoms with E-state index in [9.17, 15) is 8.78 Å². The van der Waals surface area contributed by atoms with Crippen molar-refractivity contribution in [3.05, 3.63) is 62.6 Å². The first kappa shape index (κ1) is 16.2. The Morgan fingerprint density at radius 2 is 2.00 bits per heavy atom. The Bertz CT molecular complexity index is 666. The minimum atomic E-state index is -0.647. The Hall–Kier alpha value is -1.17. The molecule has 2 nitrogen and oxygen atoms in total. The topological polar surface area (TPSA) is 35.2 Å². The summed E-state index contributed by atoms with van der Waals surface area (Å²) in [5, 5.41) is 0.483. The highest BCUT2D eigenvalue weighted by molar-refractivity contribution is 9.10. The molecule has 0 radical (unpaired) electrons. The SMILES string of the molecule is COc1ccc(Cl)cc1C(N)Cc1c(F)ccc(Br)c1F. The summed E-state index contributed by atoms with van der Waals surface area (Å²) in [4.78, 5) is 0. The summed E-state index contributed by atoms with van der Waals surface area (Å²) in [6.45, 7) is 0. The van der Waals surface area contributed by atoms with Crippen molar-refractivity contribution in [2.75, 3.05) is 7.11 Å². The molecule has 0 aliphatic carbocycles. The van der Waals surface area contributed by atoms with Gasteiger partial charge in [-0.2, -0.15) is 0 Å². The molecule has 112 valence electrons. The van der Waals surface area contributed by atoms with E-state index < -0.39 is 17.7 Å². The molecule has 0 spiro atoms. The number of methoxy groups -OCH3 is 1. The van der Waals surface area contributed by atoms with Gasteiger partial charge in [-0.1, -0.05) is 11.6 Å². The molecular weight excluding hydrogens is 364 g/mol. The summed E-state index contributed by atoms with van der Waals surface area (Å²) in [5.74, 6) is -0.749. The highest BCUT2D eigenvalue weighted by Gasteiger charge is 2.19. The first-order valence-electron chi connectivity index (χ1n) is 6.15. The Labute approximate surface area is 135 Å². The Balaban J connectivity index is 2.37. The largest absolute Gasteiger partial charge is 0.496 e. The lowest BCUT2D eigenvalue weighted by molar-refractivity contribution is 0.404. The Morgan fingerprint density at radius 1 is 1.29 bits per heavy atom. The van der Waals surface area contributed by atoms with Gasteiger partial charge in [0.15, 0.2) is 0 Å². The monoisotopic (exact) mass is 375 g/mol.